The van der Waals surface area contributed by atoms with E-state index in [-0.39, 0.29) is 57.1 Å². The molecule has 0 saturated carbocycles. The van der Waals surface area contributed by atoms with Gasteiger partial charge in [0.2, 0.25) is 0 Å². The van der Waals surface area contributed by atoms with E-state index in [1.54, 1.807) is 0 Å². The maximum atomic E-state index is 13.5. The monoisotopic (exact) mass is 534 g/mol. The van der Waals surface area contributed by atoms with Gasteiger partial charge in [-0.15, -0.1) is 0 Å². The van der Waals surface area contributed by atoms with Crippen molar-refractivity contribution < 1.29 is 13.6 Å². The van der Waals surface area contributed by atoms with Crippen LogP contribution in [0.5, 0.6) is 11.5 Å². The Kier molecular flexibility index (Phi) is 9.58. The number of hydrogen-bond donors (Lipinski definition) is 0. The second-order valence-electron chi connectivity index (χ2n) is 14.6. The van der Waals surface area contributed by atoms with Gasteiger partial charge in [-0.05, 0) is 39.2 Å². The zero-order chi connectivity index (χ0) is 27.4. The van der Waals surface area contributed by atoms with E-state index in [0.717, 1.165) is 46.6 Å². The molecule has 1 radical (unpaired) electrons. The molecular formula is C32H48NaO3P+. The van der Waals surface area contributed by atoms with Gasteiger partial charge in [0, 0.05) is 62.3 Å². The summed E-state index contributed by atoms with van der Waals surface area (Å²) in [5, 5.41) is 0. The molecule has 0 atom stereocenters. The Morgan fingerprint density at radius 2 is 1.00 bits per heavy atom. The molecule has 0 spiro atoms. The molecule has 0 bridgehead atoms. The summed E-state index contributed by atoms with van der Waals surface area (Å²) in [7, 11) is -2.39. The predicted octanol–water partition coefficient (Wildman–Crippen LogP) is 9.86. The molecular weight excluding hydrogens is 486 g/mol. The zero-order valence-electron chi connectivity index (χ0n) is 26.0. The van der Waals surface area contributed by atoms with E-state index in [4.69, 9.17) is 9.05 Å². The van der Waals surface area contributed by atoms with Crippen molar-refractivity contribution >= 4 is 37.8 Å². The molecule has 3 nitrogen and oxygen atoms in total. The van der Waals surface area contributed by atoms with Gasteiger partial charge in [0.25, 0.3) is 0 Å². The fraction of sp³-hybridized carbons (Fsp3) is 0.625. The third kappa shape index (κ3) is 7.02. The predicted molar refractivity (Wildman–Crippen MR) is 159 cm³/mol. The van der Waals surface area contributed by atoms with Gasteiger partial charge in [-0.1, -0.05) is 121 Å². The molecule has 0 unspecified atom stereocenters. The average Bonchev–Trinajstić information content (AvgIpc) is 2.68. The van der Waals surface area contributed by atoms with Crippen LogP contribution >= 0.6 is 8.25 Å². The van der Waals surface area contributed by atoms with Crippen molar-refractivity contribution in [3.8, 4) is 11.5 Å². The normalized spacial score (nSPS) is 17.4. The number of fused-ring (bicyclic) bond motifs is 2. The van der Waals surface area contributed by atoms with Gasteiger partial charge in [0.05, 0.1) is 0 Å². The Morgan fingerprint density at radius 1 is 0.649 bits per heavy atom. The van der Waals surface area contributed by atoms with E-state index in [2.05, 4.69) is 114 Å². The van der Waals surface area contributed by atoms with Crippen LogP contribution in [0, 0.1) is 0 Å². The zero-order valence-corrected chi connectivity index (χ0v) is 28.9. The van der Waals surface area contributed by atoms with Crippen LogP contribution in [0.1, 0.15) is 142 Å². The van der Waals surface area contributed by atoms with Crippen molar-refractivity contribution in [3.63, 3.8) is 0 Å². The first-order chi connectivity index (χ1) is 16.2. The molecule has 5 heteroatoms. The average molecular weight is 535 g/mol. The summed E-state index contributed by atoms with van der Waals surface area (Å²) in [6.07, 6.45) is 1.97. The summed E-state index contributed by atoms with van der Waals surface area (Å²) < 4.78 is 25.9. The molecule has 1 aliphatic rings. The van der Waals surface area contributed by atoms with Crippen molar-refractivity contribution in [1.82, 2.24) is 0 Å². The summed E-state index contributed by atoms with van der Waals surface area (Å²) in [6.45, 7) is 29.0. The van der Waals surface area contributed by atoms with Crippen molar-refractivity contribution in [1.29, 1.82) is 0 Å². The largest absolute Gasteiger partial charge is 0.805 e. The minimum Gasteiger partial charge on any atom is -0.222 e. The topological polar surface area (TPSA) is 35.5 Å². The first kappa shape index (κ1) is 32.4. The first-order valence-corrected chi connectivity index (χ1v) is 14.6. The minimum atomic E-state index is -2.39. The Labute approximate surface area is 249 Å². The fourth-order valence-electron chi connectivity index (χ4n) is 4.94. The summed E-state index contributed by atoms with van der Waals surface area (Å²) in [5.74, 6) is 1.55. The number of hydrogen-bond acceptors (Lipinski definition) is 3. The van der Waals surface area contributed by atoms with Gasteiger partial charge in [-0.3, -0.25) is 0 Å². The maximum absolute atomic E-state index is 13.5. The molecule has 1 aliphatic heterocycles. The molecule has 199 valence electrons. The van der Waals surface area contributed by atoms with Gasteiger partial charge in [-0.25, -0.2) is 9.05 Å². The molecule has 1 heterocycles. The van der Waals surface area contributed by atoms with Crippen LogP contribution in [0.25, 0.3) is 0 Å². The molecule has 0 aromatic heterocycles. The van der Waals surface area contributed by atoms with E-state index in [0.29, 0.717) is 0 Å². The number of rotatable bonds is 2. The fourth-order valence-corrected chi connectivity index (χ4v) is 5.68. The smallest absolute Gasteiger partial charge is 0.222 e. The van der Waals surface area contributed by atoms with E-state index in [1.165, 1.54) is 11.1 Å². The van der Waals surface area contributed by atoms with Crippen molar-refractivity contribution in [2.24, 2.45) is 0 Å². The molecule has 0 saturated heterocycles. The van der Waals surface area contributed by atoms with Crippen molar-refractivity contribution in [2.45, 2.75) is 130 Å². The Hall–Kier alpha value is -0.860. The standard InChI is InChI=1S/C32H48O3P.Na/c1-14-15-22-23-16-20(29(2,3)4)18-25(31(8,9)10)27(23)34-36(33)35-28-24(22)17-21(30(5,6)7)19-26(28)32(11,12)13;/h16-19,22H,14-15H2,1-13H3;/q+1;. The van der Waals surface area contributed by atoms with Crippen LogP contribution in [0.3, 0.4) is 0 Å². The summed E-state index contributed by atoms with van der Waals surface area (Å²) in [6, 6.07) is 9.12. The van der Waals surface area contributed by atoms with Crippen LogP contribution in [0.15, 0.2) is 24.3 Å². The maximum Gasteiger partial charge on any atom is 0.805 e. The third-order valence-electron chi connectivity index (χ3n) is 7.24. The SMILES string of the molecule is CCCC1c2cc(C(C)(C)C)cc(C(C)(C)C)c2O[P+](=O)Oc2c1cc(C(C)(C)C)cc2C(C)(C)C.[Na]. The summed E-state index contributed by atoms with van der Waals surface area (Å²) in [5.41, 5.74) is 6.58. The van der Waals surface area contributed by atoms with E-state index < -0.39 is 8.25 Å². The Bertz CT molecular complexity index is 1070. The van der Waals surface area contributed by atoms with Gasteiger partial charge in [-0.2, -0.15) is 0 Å². The third-order valence-corrected chi connectivity index (χ3v) is 7.91. The molecule has 0 amide bonds. The second kappa shape index (κ2) is 11.0. The number of benzene rings is 2. The van der Waals surface area contributed by atoms with Gasteiger partial charge in [0.1, 0.15) is 0 Å². The van der Waals surface area contributed by atoms with Crippen LogP contribution in [-0.2, 0) is 26.2 Å². The minimum absolute atomic E-state index is 0. The molecule has 0 aliphatic carbocycles. The second-order valence-corrected chi connectivity index (χ2v) is 15.4. The summed E-state index contributed by atoms with van der Waals surface area (Å²) in [4.78, 5) is 0. The van der Waals surface area contributed by atoms with Crippen molar-refractivity contribution in [3.05, 3.63) is 57.6 Å². The van der Waals surface area contributed by atoms with Gasteiger partial charge >= 0.3 is 8.25 Å². The molecule has 3 rings (SSSR count). The van der Waals surface area contributed by atoms with E-state index in [1.807, 2.05) is 0 Å². The van der Waals surface area contributed by atoms with Crippen LogP contribution in [0.2, 0.25) is 0 Å². The van der Waals surface area contributed by atoms with Gasteiger partial charge in [0.15, 0.2) is 11.5 Å². The molecule has 0 fully saturated rings. The van der Waals surface area contributed by atoms with Crippen molar-refractivity contribution in [2.75, 3.05) is 0 Å². The Balaban J connectivity index is 0.00000481. The molecule has 37 heavy (non-hydrogen) atoms. The summed E-state index contributed by atoms with van der Waals surface area (Å²) >= 11 is 0. The van der Waals surface area contributed by atoms with Crippen LogP contribution in [-0.4, -0.2) is 29.6 Å². The van der Waals surface area contributed by atoms with Crippen LogP contribution < -0.4 is 9.05 Å². The Morgan fingerprint density at radius 3 is 1.27 bits per heavy atom. The van der Waals surface area contributed by atoms with E-state index in [9.17, 15) is 4.57 Å². The van der Waals surface area contributed by atoms with Crippen LogP contribution in [0.4, 0.5) is 0 Å². The molecule has 2 aromatic rings. The van der Waals surface area contributed by atoms with E-state index >= 15 is 0 Å². The first-order valence-electron chi connectivity index (χ1n) is 13.5. The van der Waals surface area contributed by atoms with Gasteiger partial charge < -0.3 is 0 Å². The quantitative estimate of drug-likeness (QED) is 0.284. The molecule has 0 N–H and O–H groups in total. The molecule has 2 aromatic carbocycles.